The largest absolute Gasteiger partial charge is 0.338 e. The fourth-order valence-corrected chi connectivity index (χ4v) is 3.03. The van der Waals surface area contributed by atoms with Crippen molar-refractivity contribution in [1.29, 1.82) is 0 Å². The molecule has 0 radical (unpaired) electrons. The molecule has 1 heterocycles. The number of carbonyl (C=O) groups excluding carboxylic acids is 2. The van der Waals surface area contributed by atoms with Crippen LogP contribution in [0.4, 0.5) is 15.6 Å². The van der Waals surface area contributed by atoms with E-state index in [2.05, 4.69) is 26.1 Å². The number of thioether (sulfide) groups is 1. The van der Waals surface area contributed by atoms with Gasteiger partial charge in [-0.3, -0.25) is 10.1 Å². The van der Waals surface area contributed by atoms with Crippen LogP contribution in [-0.2, 0) is 4.79 Å². The average molecular weight is 337 g/mol. The van der Waals surface area contributed by atoms with Crippen LogP contribution < -0.4 is 16.0 Å². The van der Waals surface area contributed by atoms with E-state index in [4.69, 9.17) is 0 Å². The maximum absolute atomic E-state index is 11.5. The van der Waals surface area contributed by atoms with Crippen LogP contribution in [0.2, 0.25) is 0 Å². The van der Waals surface area contributed by atoms with Gasteiger partial charge in [0.25, 0.3) is 0 Å². The Kier molecular flexibility index (Phi) is 6.16. The van der Waals surface area contributed by atoms with Crippen LogP contribution in [0, 0.1) is 0 Å². The summed E-state index contributed by atoms with van der Waals surface area (Å²) in [6.07, 6.45) is 0. The lowest BCUT2D eigenvalue weighted by molar-refractivity contribution is -0.117. The maximum Gasteiger partial charge on any atom is 0.321 e. The fourth-order valence-electron chi connectivity index (χ4n) is 1.46. The SMILES string of the molecule is CCNC(=O)NC(=O)CSc1nnc(Nc2ccccc2)s1. The van der Waals surface area contributed by atoms with E-state index in [1.54, 1.807) is 6.92 Å². The summed E-state index contributed by atoms with van der Waals surface area (Å²) in [5, 5.41) is 16.5. The molecule has 1 aromatic heterocycles. The van der Waals surface area contributed by atoms with Gasteiger partial charge < -0.3 is 10.6 Å². The third kappa shape index (κ3) is 5.34. The predicted octanol–water partition coefficient (Wildman–Crippen LogP) is 2.22. The first-order valence-electron chi connectivity index (χ1n) is 6.53. The summed E-state index contributed by atoms with van der Waals surface area (Å²) in [5.74, 6) is -0.263. The van der Waals surface area contributed by atoms with Gasteiger partial charge in [-0.2, -0.15) is 0 Å². The van der Waals surface area contributed by atoms with E-state index < -0.39 is 6.03 Å². The number of para-hydroxylation sites is 1. The molecule has 0 aliphatic rings. The van der Waals surface area contributed by atoms with E-state index in [-0.39, 0.29) is 11.7 Å². The molecule has 0 saturated carbocycles. The molecule has 3 amide bonds. The van der Waals surface area contributed by atoms with E-state index in [0.717, 1.165) is 5.69 Å². The molecule has 2 rings (SSSR count). The molecule has 0 atom stereocenters. The van der Waals surface area contributed by atoms with Gasteiger partial charge in [-0.25, -0.2) is 4.79 Å². The second kappa shape index (κ2) is 8.35. The highest BCUT2D eigenvalue weighted by molar-refractivity contribution is 8.01. The Hall–Kier alpha value is -2.13. The molecule has 2 aromatic rings. The number of imide groups is 1. The summed E-state index contributed by atoms with van der Waals surface area (Å²) in [6.45, 7) is 2.25. The Morgan fingerprint density at radius 2 is 2.00 bits per heavy atom. The van der Waals surface area contributed by atoms with Crippen LogP contribution in [-0.4, -0.2) is 34.4 Å². The molecule has 22 heavy (non-hydrogen) atoms. The van der Waals surface area contributed by atoms with Crippen molar-refractivity contribution in [3.63, 3.8) is 0 Å². The van der Waals surface area contributed by atoms with E-state index in [9.17, 15) is 9.59 Å². The molecule has 0 aliphatic heterocycles. The van der Waals surface area contributed by atoms with E-state index in [1.165, 1.54) is 23.1 Å². The lowest BCUT2D eigenvalue weighted by Gasteiger charge is -2.02. The number of rotatable bonds is 6. The van der Waals surface area contributed by atoms with Crippen molar-refractivity contribution >= 4 is 45.9 Å². The first-order chi connectivity index (χ1) is 10.7. The molecule has 9 heteroatoms. The normalized spacial score (nSPS) is 10.0. The van der Waals surface area contributed by atoms with Crippen molar-refractivity contribution in [1.82, 2.24) is 20.8 Å². The molecule has 0 saturated heterocycles. The smallest absolute Gasteiger partial charge is 0.321 e. The number of nitrogens with zero attached hydrogens (tertiary/aromatic N) is 2. The van der Waals surface area contributed by atoms with Gasteiger partial charge in [-0.05, 0) is 19.1 Å². The summed E-state index contributed by atoms with van der Waals surface area (Å²) in [7, 11) is 0. The van der Waals surface area contributed by atoms with Crippen molar-refractivity contribution in [3.05, 3.63) is 30.3 Å². The van der Waals surface area contributed by atoms with Gasteiger partial charge in [-0.15, -0.1) is 10.2 Å². The highest BCUT2D eigenvalue weighted by atomic mass is 32.2. The topological polar surface area (TPSA) is 96.0 Å². The van der Waals surface area contributed by atoms with Crippen molar-refractivity contribution in [3.8, 4) is 0 Å². The zero-order valence-corrected chi connectivity index (χ0v) is 13.5. The van der Waals surface area contributed by atoms with Crippen LogP contribution in [0.5, 0.6) is 0 Å². The van der Waals surface area contributed by atoms with E-state index >= 15 is 0 Å². The number of hydrogen-bond donors (Lipinski definition) is 3. The molecule has 7 nitrogen and oxygen atoms in total. The zero-order valence-electron chi connectivity index (χ0n) is 11.8. The van der Waals surface area contributed by atoms with E-state index in [0.29, 0.717) is 16.0 Å². The Labute approximate surface area is 135 Å². The first-order valence-corrected chi connectivity index (χ1v) is 8.33. The van der Waals surface area contributed by atoms with Gasteiger partial charge in [0.05, 0.1) is 5.75 Å². The van der Waals surface area contributed by atoms with Crippen molar-refractivity contribution < 1.29 is 9.59 Å². The summed E-state index contributed by atoms with van der Waals surface area (Å²) < 4.78 is 0.657. The molecule has 0 aliphatic carbocycles. The Bertz CT molecular complexity index is 632. The summed E-state index contributed by atoms with van der Waals surface area (Å²) >= 11 is 2.58. The number of nitrogens with one attached hydrogen (secondary N) is 3. The van der Waals surface area contributed by atoms with Gasteiger partial charge in [0.1, 0.15) is 0 Å². The van der Waals surface area contributed by atoms with Crippen LogP contribution in [0.3, 0.4) is 0 Å². The van der Waals surface area contributed by atoms with Crippen molar-refractivity contribution in [2.24, 2.45) is 0 Å². The van der Waals surface area contributed by atoms with Crippen molar-refractivity contribution in [2.75, 3.05) is 17.6 Å². The number of hydrogen-bond acceptors (Lipinski definition) is 7. The minimum Gasteiger partial charge on any atom is -0.338 e. The van der Waals surface area contributed by atoms with Crippen LogP contribution in [0.1, 0.15) is 6.92 Å². The molecule has 116 valence electrons. The molecular weight excluding hydrogens is 322 g/mol. The molecule has 0 spiro atoms. The fraction of sp³-hybridized carbons (Fsp3) is 0.231. The highest BCUT2D eigenvalue weighted by Crippen LogP contribution is 2.27. The standard InChI is InChI=1S/C13H15N5O2S2/c1-2-14-11(20)16-10(19)8-21-13-18-17-12(22-13)15-9-6-4-3-5-7-9/h3-7H,2,8H2,1H3,(H,15,17)(H2,14,16,19,20). The minimum atomic E-state index is -0.489. The Morgan fingerprint density at radius 3 is 2.73 bits per heavy atom. The molecule has 0 unspecified atom stereocenters. The molecule has 0 bridgehead atoms. The first kappa shape index (κ1) is 16.2. The molecule has 0 fully saturated rings. The van der Waals surface area contributed by atoms with Crippen molar-refractivity contribution in [2.45, 2.75) is 11.3 Å². The highest BCUT2D eigenvalue weighted by Gasteiger charge is 2.10. The Balaban J connectivity index is 1.80. The number of amides is 3. The predicted molar refractivity (Wildman–Crippen MR) is 87.6 cm³/mol. The second-order valence-electron chi connectivity index (χ2n) is 4.06. The van der Waals surface area contributed by atoms with Crippen LogP contribution in [0.25, 0.3) is 0 Å². The van der Waals surface area contributed by atoms with Gasteiger partial charge in [0.2, 0.25) is 11.0 Å². The number of benzene rings is 1. The lowest BCUT2D eigenvalue weighted by atomic mass is 10.3. The summed E-state index contributed by atoms with van der Waals surface area (Å²) in [5.41, 5.74) is 0.921. The van der Waals surface area contributed by atoms with Gasteiger partial charge in [0.15, 0.2) is 4.34 Å². The third-order valence-corrected chi connectivity index (χ3v) is 4.32. The van der Waals surface area contributed by atoms with Crippen LogP contribution >= 0.6 is 23.1 Å². The molecular formula is C13H15N5O2S2. The lowest BCUT2D eigenvalue weighted by Crippen LogP contribution is -2.40. The van der Waals surface area contributed by atoms with Gasteiger partial charge in [-0.1, -0.05) is 41.3 Å². The molecule has 1 aromatic carbocycles. The second-order valence-corrected chi connectivity index (χ2v) is 6.26. The Morgan fingerprint density at radius 1 is 1.23 bits per heavy atom. The zero-order chi connectivity index (χ0) is 15.8. The quantitative estimate of drug-likeness (QED) is 0.700. The minimum absolute atomic E-state index is 0.108. The number of aromatic nitrogens is 2. The summed E-state index contributed by atoms with van der Waals surface area (Å²) in [6, 6.07) is 9.13. The maximum atomic E-state index is 11.5. The molecule has 3 N–H and O–H groups in total. The summed E-state index contributed by atoms with van der Waals surface area (Å²) in [4.78, 5) is 22.7. The van der Waals surface area contributed by atoms with E-state index in [1.807, 2.05) is 30.3 Å². The average Bonchev–Trinajstić information content (AvgIpc) is 2.94. The monoisotopic (exact) mass is 337 g/mol. The number of urea groups is 1. The number of carbonyl (C=O) groups is 2. The van der Waals surface area contributed by atoms with Gasteiger partial charge in [0, 0.05) is 12.2 Å². The van der Waals surface area contributed by atoms with Gasteiger partial charge >= 0.3 is 6.03 Å². The number of anilines is 2. The third-order valence-electron chi connectivity index (χ3n) is 2.35. The van der Waals surface area contributed by atoms with Crippen LogP contribution in [0.15, 0.2) is 34.7 Å².